The summed E-state index contributed by atoms with van der Waals surface area (Å²) in [6.45, 7) is 5.69. The Balaban J connectivity index is 1.34. The molecule has 1 fully saturated rings. The zero-order chi connectivity index (χ0) is 16.6. The SMILES string of the molecule is C[C@@H](CCc1ccccc1)CNC1CCN(c2ccccn2)CC1. The highest BCUT2D eigenvalue weighted by molar-refractivity contribution is 5.38. The van der Waals surface area contributed by atoms with Crippen LogP contribution >= 0.6 is 0 Å². The summed E-state index contributed by atoms with van der Waals surface area (Å²) in [5.74, 6) is 1.84. The molecule has 3 heteroatoms. The molecule has 1 aromatic heterocycles. The van der Waals surface area contributed by atoms with Crippen molar-refractivity contribution in [1.82, 2.24) is 10.3 Å². The Labute approximate surface area is 146 Å². The molecular formula is C21H29N3. The van der Waals surface area contributed by atoms with E-state index < -0.39 is 0 Å². The molecule has 24 heavy (non-hydrogen) atoms. The first-order chi connectivity index (χ1) is 11.8. The third-order valence-corrected chi connectivity index (χ3v) is 4.99. The van der Waals surface area contributed by atoms with E-state index in [0.29, 0.717) is 6.04 Å². The third kappa shape index (κ3) is 5.07. The third-order valence-electron chi connectivity index (χ3n) is 4.99. The molecule has 3 rings (SSSR count). The topological polar surface area (TPSA) is 28.2 Å². The van der Waals surface area contributed by atoms with Crippen LogP contribution in [0.2, 0.25) is 0 Å². The van der Waals surface area contributed by atoms with Crippen molar-refractivity contribution in [3.63, 3.8) is 0 Å². The average Bonchev–Trinajstić information content (AvgIpc) is 2.67. The van der Waals surface area contributed by atoms with Gasteiger partial charge in [0.15, 0.2) is 0 Å². The van der Waals surface area contributed by atoms with Gasteiger partial charge in [-0.3, -0.25) is 0 Å². The molecule has 2 aromatic rings. The van der Waals surface area contributed by atoms with Crippen molar-refractivity contribution in [2.75, 3.05) is 24.5 Å². The molecule has 2 heterocycles. The normalized spacial score (nSPS) is 17.0. The van der Waals surface area contributed by atoms with E-state index in [0.717, 1.165) is 31.4 Å². The number of rotatable bonds is 7. The van der Waals surface area contributed by atoms with Gasteiger partial charge in [-0.2, -0.15) is 0 Å². The minimum Gasteiger partial charge on any atom is -0.357 e. The van der Waals surface area contributed by atoms with Crippen LogP contribution in [0.3, 0.4) is 0 Å². The van der Waals surface area contributed by atoms with E-state index in [2.05, 4.69) is 64.6 Å². The van der Waals surface area contributed by atoms with Crippen LogP contribution < -0.4 is 10.2 Å². The number of nitrogens with zero attached hydrogens (tertiary/aromatic N) is 2. The highest BCUT2D eigenvalue weighted by atomic mass is 15.2. The van der Waals surface area contributed by atoms with E-state index >= 15 is 0 Å². The maximum absolute atomic E-state index is 4.46. The smallest absolute Gasteiger partial charge is 0.128 e. The summed E-state index contributed by atoms with van der Waals surface area (Å²) >= 11 is 0. The van der Waals surface area contributed by atoms with Crippen LogP contribution in [0.5, 0.6) is 0 Å². The van der Waals surface area contributed by atoms with Gasteiger partial charge in [-0.25, -0.2) is 4.98 Å². The maximum atomic E-state index is 4.46. The Hall–Kier alpha value is -1.87. The number of hydrogen-bond acceptors (Lipinski definition) is 3. The maximum Gasteiger partial charge on any atom is 0.128 e. The number of pyridine rings is 1. The van der Waals surface area contributed by atoms with Crippen LogP contribution in [0.25, 0.3) is 0 Å². The summed E-state index contributed by atoms with van der Waals surface area (Å²) in [6.07, 6.45) is 6.74. The van der Waals surface area contributed by atoms with Gasteiger partial charge < -0.3 is 10.2 Å². The number of anilines is 1. The Morgan fingerprint density at radius 2 is 1.83 bits per heavy atom. The number of aromatic nitrogens is 1. The molecular weight excluding hydrogens is 294 g/mol. The molecule has 128 valence electrons. The molecule has 0 unspecified atom stereocenters. The first kappa shape index (κ1) is 17.0. The largest absolute Gasteiger partial charge is 0.357 e. The Morgan fingerprint density at radius 3 is 2.54 bits per heavy atom. The van der Waals surface area contributed by atoms with E-state index in [-0.39, 0.29) is 0 Å². The quantitative estimate of drug-likeness (QED) is 0.837. The van der Waals surface area contributed by atoms with E-state index in [1.54, 1.807) is 0 Å². The molecule has 1 atom stereocenters. The van der Waals surface area contributed by atoms with Crippen molar-refractivity contribution in [2.45, 2.75) is 38.6 Å². The summed E-state index contributed by atoms with van der Waals surface area (Å²) in [7, 11) is 0. The lowest BCUT2D eigenvalue weighted by atomic mass is 9.99. The Morgan fingerprint density at radius 1 is 1.08 bits per heavy atom. The van der Waals surface area contributed by atoms with Crippen molar-refractivity contribution in [1.29, 1.82) is 0 Å². The van der Waals surface area contributed by atoms with E-state index in [1.165, 1.54) is 31.2 Å². The zero-order valence-corrected chi connectivity index (χ0v) is 14.7. The summed E-state index contributed by atoms with van der Waals surface area (Å²) < 4.78 is 0. The molecule has 0 saturated carbocycles. The van der Waals surface area contributed by atoms with Crippen molar-refractivity contribution < 1.29 is 0 Å². The van der Waals surface area contributed by atoms with E-state index in [1.807, 2.05) is 12.3 Å². The number of nitrogens with one attached hydrogen (secondary N) is 1. The molecule has 1 saturated heterocycles. The molecule has 1 aromatic carbocycles. The van der Waals surface area contributed by atoms with Gasteiger partial charge in [0.2, 0.25) is 0 Å². The van der Waals surface area contributed by atoms with Crippen molar-refractivity contribution in [3.05, 3.63) is 60.3 Å². The monoisotopic (exact) mass is 323 g/mol. The summed E-state index contributed by atoms with van der Waals surface area (Å²) in [5, 5.41) is 3.78. The van der Waals surface area contributed by atoms with Crippen LogP contribution in [0, 0.1) is 5.92 Å². The van der Waals surface area contributed by atoms with Crippen LogP contribution in [-0.2, 0) is 6.42 Å². The standard InChI is InChI=1S/C21H29N3/c1-18(10-11-19-7-3-2-4-8-19)17-23-20-12-15-24(16-13-20)21-9-5-6-14-22-21/h2-9,14,18,20,23H,10-13,15-17H2,1H3/t18-/m0/s1. The van der Waals surface area contributed by atoms with Crippen molar-refractivity contribution in [2.24, 2.45) is 5.92 Å². The lowest BCUT2D eigenvalue weighted by Crippen LogP contribution is -2.44. The molecule has 0 spiro atoms. The molecule has 3 nitrogen and oxygen atoms in total. The van der Waals surface area contributed by atoms with Crippen LogP contribution in [0.1, 0.15) is 31.7 Å². The average molecular weight is 323 g/mol. The minimum atomic E-state index is 0.657. The van der Waals surface area contributed by atoms with Crippen molar-refractivity contribution >= 4 is 5.82 Å². The van der Waals surface area contributed by atoms with Crippen LogP contribution in [0.15, 0.2) is 54.7 Å². The summed E-state index contributed by atoms with van der Waals surface area (Å²) in [4.78, 5) is 6.86. The van der Waals surface area contributed by atoms with Crippen molar-refractivity contribution in [3.8, 4) is 0 Å². The van der Waals surface area contributed by atoms with Gasteiger partial charge in [0.25, 0.3) is 0 Å². The predicted octanol–water partition coefficient (Wildman–Crippen LogP) is 3.91. The summed E-state index contributed by atoms with van der Waals surface area (Å²) in [6, 6.07) is 17.6. The molecule has 0 radical (unpaired) electrons. The first-order valence-electron chi connectivity index (χ1n) is 9.24. The number of benzene rings is 1. The number of aryl methyl sites for hydroxylation is 1. The highest BCUT2D eigenvalue weighted by Crippen LogP contribution is 2.17. The fourth-order valence-electron chi connectivity index (χ4n) is 3.38. The minimum absolute atomic E-state index is 0.657. The lowest BCUT2D eigenvalue weighted by Gasteiger charge is -2.33. The summed E-state index contributed by atoms with van der Waals surface area (Å²) in [5.41, 5.74) is 1.45. The molecule has 1 aliphatic rings. The lowest BCUT2D eigenvalue weighted by molar-refractivity contribution is 0.375. The van der Waals surface area contributed by atoms with Crippen LogP contribution in [-0.4, -0.2) is 30.7 Å². The van der Waals surface area contributed by atoms with Gasteiger partial charge >= 0.3 is 0 Å². The van der Waals surface area contributed by atoms with Gasteiger partial charge in [0, 0.05) is 25.3 Å². The molecule has 0 amide bonds. The zero-order valence-electron chi connectivity index (χ0n) is 14.7. The Bertz CT molecular complexity index is 577. The second kappa shape index (κ2) is 8.84. The van der Waals surface area contributed by atoms with Gasteiger partial charge in [0.1, 0.15) is 5.82 Å². The van der Waals surface area contributed by atoms with Gasteiger partial charge in [-0.15, -0.1) is 0 Å². The van der Waals surface area contributed by atoms with E-state index in [4.69, 9.17) is 0 Å². The van der Waals surface area contributed by atoms with Gasteiger partial charge in [-0.05, 0) is 55.8 Å². The van der Waals surface area contributed by atoms with Gasteiger partial charge in [0.05, 0.1) is 0 Å². The molecule has 0 bridgehead atoms. The molecule has 1 aliphatic heterocycles. The second-order valence-electron chi connectivity index (χ2n) is 6.99. The second-order valence-corrected chi connectivity index (χ2v) is 6.99. The first-order valence-corrected chi connectivity index (χ1v) is 9.24. The predicted molar refractivity (Wildman–Crippen MR) is 101 cm³/mol. The highest BCUT2D eigenvalue weighted by Gasteiger charge is 2.19. The Kier molecular flexibility index (Phi) is 6.25. The fourth-order valence-corrected chi connectivity index (χ4v) is 3.38. The molecule has 0 aliphatic carbocycles. The number of piperidine rings is 1. The fraction of sp³-hybridized carbons (Fsp3) is 0.476. The van der Waals surface area contributed by atoms with Crippen LogP contribution in [0.4, 0.5) is 5.82 Å². The van der Waals surface area contributed by atoms with Gasteiger partial charge in [-0.1, -0.05) is 43.3 Å². The van der Waals surface area contributed by atoms with E-state index in [9.17, 15) is 0 Å². The molecule has 1 N–H and O–H groups in total. The number of hydrogen-bond donors (Lipinski definition) is 1.